The van der Waals surface area contributed by atoms with E-state index < -0.39 is 0 Å². The van der Waals surface area contributed by atoms with Crippen LogP contribution in [0.2, 0.25) is 5.02 Å². The molecule has 1 aromatic rings. The summed E-state index contributed by atoms with van der Waals surface area (Å²) in [5.41, 5.74) is 1.79. The van der Waals surface area contributed by atoms with Crippen molar-refractivity contribution in [3.05, 3.63) is 28.3 Å². The van der Waals surface area contributed by atoms with Gasteiger partial charge in [-0.05, 0) is 17.7 Å². The molecule has 0 radical (unpaired) electrons. The van der Waals surface area contributed by atoms with Gasteiger partial charge in [0.15, 0.2) is 6.79 Å². The van der Waals surface area contributed by atoms with Gasteiger partial charge in [-0.1, -0.05) is 11.6 Å². The van der Waals surface area contributed by atoms with E-state index in [1.807, 2.05) is 6.07 Å². The van der Waals surface area contributed by atoms with Crippen LogP contribution in [0.1, 0.15) is 11.1 Å². The molecule has 2 rings (SSSR count). The third-order valence-corrected chi connectivity index (χ3v) is 2.32. The average molecular weight is 213 g/mol. The summed E-state index contributed by atoms with van der Waals surface area (Å²) in [5.74, 6) is 0.674. The number of halogens is 1. The maximum absolute atomic E-state index is 10.3. The molecule has 0 spiro atoms. The molecule has 74 valence electrons. The monoisotopic (exact) mass is 212 g/mol. The molecule has 0 atom stereocenters. The maximum Gasteiger partial charge on any atom is 0.189 e. The fourth-order valence-electron chi connectivity index (χ4n) is 1.45. The van der Waals surface area contributed by atoms with Gasteiger partial charge >= 0.3 is 0 Å². The van der Waals surface area contributed by atoms with E-state index in [9.17, 15) is 4.79 Å². The lowest BCUT2D eigenvalue weighted by atomic mass is 10.1. The molecule has 0 aromatic heterocycles. The van der Waals surface area contributed by atoms with Gasteiger partial charge in [0.25, 0.3) is 0 Å². The Balaban J connectivity index is 2.40. The molecule has 1 aromatic carbocycles. The smallest absolute Gasteiger partial charge is 0.189 e. The number of fused-ring (bicyclic) bond motifs is 1. The van der Waals surface area contributed by atoms with E-state index in [0.717, 1.165) is 17.4 Å². The standard InChI is InChI=1S/C10H9ClO3/c11-9-4-7(1-2-12)3-8-5-13-6-14-10(8)9/h2-4H,1,5-6H2. The fraction of sp³-hybridized carbons (Fsp3) is 0.300. The van der Waals surface area contributed by atoms with E-state index in [0.29, 0.717) is 23.8 Å². The minimum absolute atomic E-state index is 0.236. The van der Waals surface area contributed by atoms with E-state index in [4.69, 9.17) is 21.1 Å². The van der Waals surface area contributed by atoms with Crippen LogP contribution in [0.5, 0.6) is 5.75 Å². The van der Waals surface area contributed by atoms with Crippen LogP contribution in [0.3, 0.4) is 0 Å². The van der Waals surface area contributed by atoms with E-state index in [-0.39, 0.29) is 6.79 Å². The Morgan fingerprint density at radius 3 is 3.14 bits per heavy atom. The van der Waals surface area contributed by atoms with Gasteiger partial charge < -0.3 is 14.3 Å². The first-order valence-electron chi connectivity index (χ1n) is 4.26. The Kier molecular flexibility index (Phi) is 2.70. The summed E-state index contributed by atoms with van der Waals surface area (Å²) in [6.07, 6.45) is 1.22. The van der Waals surface area contributed by atoms with Crippen LogP contribution < -0.4 is 4.74 Å². The first kappa shape index (κ1) is 9.49. The summed E-state index contributed by atoms with van der Waals surface area (Å²) < 4.78 is 10.4. The highest BCUT2D eigenvalue weighted by Crippen LogP contribution is 2.33. The molecular weight excluding hydrogens is 204 g/mol. The number of hydrogen-bond donors (Lipinski definition) is 0. The molecule has 1 aliphatic rings. The van der Waals surface area contributed by atoms with Gasteiger partial charge in [-0.3, -0.25) is 0 Å². The lowest BCUT2D eigenvalue weighted by Gasteiger charge is -2.19. The van der Waals surface area contributed by atoms with Crippen molar-refractivity contribution in [2.75, 3.05) is 6.79 Å². The minimum atomic E-state index is 0.236. The molecule has 14 heavy (non-hydrogen) atoms. The summed E-state index contributed by atoms with van der Waals surface area (Å²) in [5, 5.41) is 0.544. The highest BCUT2D eigenvalue weighted by atomic mass is 35.5. The Morgan fingerprint density at radius 2 is 2.36 bits per heavy atom. The summed E-state index contributed by atoms with van der Waals surface area (Å²) in [7, 11) is 0. The van der Waals surface area contributed by atoms with E-state index >= 15 is 0 Å². The first-order chi connectivity index (χ1) is 6.81. The molecule has 0 saturated carbocycles. The van der Waals surface area contributed by atoms with Gasteiger partial charge in [0.2, 0.25) is 0 Å². The van der Waals surface area contributed by atoms with Crippen molar-refractivity contribution in [3.63, 3.8) is 0 Å². The normalized spacial score (nSPS) is 14.4. The van der Waals surface area contributed by atoms with Crippen LogP contribution >= 0.6 is 11.6 Å². The topological polar surface area (TPSA) is 35.5 Å². The van der Waals surface area contributed by atoms with Gasteiger partial charge in [0.05, 0.1) is 11.6 Å². The Hall–Kier alpha value is -1.06. The summed E-state index contributed by atoms with van der Waals surface area (Å²) in [4.78, 5) is 10.3. The van der Waals surface area contributed by atoms with E-state index in [1.54, 1.807) is 6.07 Å². The van der Waals surface area contributed by atoms with Crippen LogP contribution in [-0.4, -0.2) is 13.1 Å². The van der Waals surface area contributed by atoms with Gasteiger partial charge in [0, 0.05) is 12.0 Å². The predicted molar refractivity (Wildman–Crippen MR) is 51.5 cm³/mol. The van der Waals surface area contributed by atoms with Crippen molar-refractivity contribution in [2.45, 2.75) is 13.0 Å². The Morgan fingerprint density at radius 1 is 1.50 bits per heavy atom. The third-order valence-electron chi connectivity index (χ3n) is 2.04. The highest BCUT2D eigenvalue weighted by molar-refractivity contribution is 6.32. The summed E-state index contributed by atoms with van der Waals surface area (Å²) >= 11 is 5.99. The second-order valence-electron chi connectivity index (χ2n) is 3.05. The minimum Gasteiger partial charge on any atom is -0.466 e. The molecule has 4 heteroatoms. The third kappa shape index (κ3) is 1.74. The van der Waals surface area contributed by atoms with Crippen LogP contribution in [0.4, 0.5) is 0 Å². The molecule has 0 saturated heterocycles. The first-order valence-corrected chi connectivity index (χ1v) is 4.64. The zero-order valence-electron chi connectivity index (χ0n) is 7.46. The molecule has 3 nitrogen and oxygen atoms in total. The molecule has 1 heterocycles. The van der Waals surface area contributed by atoms with Crippen LogP contribution in [0.15, 0.2) is 12.1 Å². The van der Waals surface area contributed by atoms with Crippen molar-refractivity contribution >= 4 is 17.9 Å². The van der Waals surface area contributed by atoms with Crippen molar-refractivity contribution in [2.24, 2.45) is 0 Å². The average Bonchev–Trinajstić information content (AvgIpc) is 2.18. The molecular formula is C10H9ClO3. The number of ether oxygens (including phenoxy) is 2. The van der Waals surface area contributed by atoms with Crippen LogP contribution in [-0.2, 0) is 22.6 Å². The number of benzene rings is 1. The molecule has 0 aliphatic carbocycles. The second kappa shape index (κ2) is 3.98. The molecule has 0 unspecified atom stereocenters. The molecule has 1 aliphatic heterocycles. The molecule has 0 fully saturated rings. The number of carbonyl (C=O) groups is 1. The Bertz CT molecular complexity index is 363. The maximum atomic E-state index is 10.3. The van der Waals surface area contributed by atoms with Crippen molar-refractivity contribution < 1.29 is 14.3 Å². The summed E-state index contributed by atoms with van der Waals surface area (Å²) in [6.45, 7) is 0.724. The largest absolute Gasteiger partial charge is 0.466 e. The number of hydrogen-bond acceptors (Lipinski definition) is 3. The SMILES string of the molecule is O=CCc1cc(Cl)c2c(c1)COCO2. The quantitative estimate of drug-likeness (QED) is 0.703. The lowest BCUT2D eigenvalue weighted by Crippen LogP contribution is -2.12. The Labute approximate surface area is 86.6 Å². The van der Waals surface area contributed by atoms with E-state index in [1.165, 1.54) is 0 Å². The number of carbonyl (C=O) groups excluding carboxylic acids is 1. The molecule has 0 bridgehead atoms. The zero-order chi connectivity index (χ0) is 9.97. The number of aldehydes is 1. The number of rotatable bonds is 2. The van der Waals surface area contributed by atoms with Crippen molar-refractivity contribution in [1.82, 2.24) is 0 Å². The van der Waals surface area contributed by atoms with Gasteiger partial charge in [0.1, 0.15) is 12.0 Å². The van der Waals surface area contributed by atoms with Crippen LogP contribution in [0, 0.1) is 0 Å². The predicted octanol–water partition coefficient (Wildman–Crippen LogP) is 1.95. The fourth-order valence-corrected chi connectivity index (χ4v) is 1.76. The van der Waals surface area contributed by atoms with Crippen molar-refractivity contribution in [3.8, 4) is 5.75 Å². The second-order valence-corrected chi connectivity index (χ2v) is 3.45. The molecule has 0 N–H and O–H groups in total. The van der Waals surface area contributed by atoms with Crippen LogP contribution in [0.25, 0.3) is 0 Å². The molecule has 0 amide bonds. The lowest BCUT2D eigenvalue weighted by molar-refractivity contribution is -0.107. The van der Waals surface area contributed by atoms with Gasteiger partial charge in [-0.15, -0.1) is 0 Å². The van der Waals surface area contributed by atoms with Crippen molar-refractivity contribution in [1.29, 1.82) is 0 Å². The summed E-state index contributed by atoms with van der Waals surface area (Å²) in [6, 6.07) is 3.63. The van der Waals surface area contributed by atoms with Gasteiger partial charge in [-0.2, -0.15) is 0 Å². The van der Waals surface area contributed by atoms with E-state index in [2.05, 4.69) is 0 Å². The zero-order valence-corrected chi connectivity index (χ0v) is 8.21. The van der Waals surface area contributed by atoms with Gasteiger partial charge in [-0.25, -0.2) is 0 Å². The highest BCUT2D eigenvalue weighted by Gasteiger charge is 2.15.